The van der Waals surface area contributed by atoms with Crippen molar-refractivity contribution in [3.8, 4) is 5.75 Å². The highest BCUT2D eigenvalue weighted by molar-refractivity contribution is 6.30. The van der Waals surface area contributed by atoms with E-state index < -0.39 is 5.97 Å². The fourth-order valence-electron chi connectivity index (χ4n) is 1.91. The number of halogens is 1. The van der Waals surface area contributed by atoms with Gasteiger partial charge in [0.1, 0.15) is 12.3 Å². The maximum absolute atomic E-state index is 12.0. The Hall–Kier alpha value is -1.75. The summed E-state index contributed by atoms with van der Waals surface area (Å²) in [5.74, 6) is -0.570. The lowest BCUT2D eigenvalue weighted by Gasteiger charge is -2.20. The van der Waals surface area contributed by atoms with Gasteiger partial charge in [0.2, 0.25) is 5.91 Å². The van der Waals surface area contributed by atoms with Gasteiger partial charge in [-0.25, -0.2) is 0 Å². The summed E-state index contributed by atoms with van der Waals surface area (Å²) in [4.78, 5) is 24.1. The van der Waals surface area contributed by atoms with E-state index in [0.717, 1.165) is 12.8 Å². The molecule has 1 aromatic rings. The Bertz CT molecular complexity index is 502. The van der Waals surface area contributed by atoms with E-state index in [0.29, 0.717) is 10.8 Å². The Morgan fingerprint density at radius 1 is 1.40 bits per heavy atom. The molecule has 2 rings (SSSR count). The summed E-state index contributed by atoms with van der Waals surface area (Å²) in [5.41, 5.74) is 0. The molecule has 1 aliphatic carbocycles. The van der Waals surface area contributed by atoms with Crippen LogP contribution in [-0.2, 0) is 9.59 Å². The SMILES string of the molecule is O=C(O)CN(C(=O)CCOc1cccc(Cl)c1)C1CC1. The van der Waals surface area contributed by atoms with Gasteiger partial charge in [-0.3, -0.25) is 9.59 Å². The molecule has 0 aliphatic heterocycles. The van der Waals surface area contributed by atoms with E-state index in [2.05, 4.69) is 0 Å². The van der Waals surface area contributed by atoms with Gasteiger partial charge in [0.15, 0.2) is 0 Å². The standard InChI is InChI=1S/C14H16ClNO4/c15-10-2-1-3-12(8-10)20-7-6-13(17)16(9-14(18)19)11-4-5-11/h1-3,8,11H,4-7,9H2,(H,18,19). The van der Waals surface area contributed by atoms with Crippen LogP contribution in [0.3, 0.4) is 0 Å². The van der Waals surface area contributed by atoms with Gasteiger partial charge in [0.25, 0.3) is 0 Å². The zero-order valence-corrected chi connectivity index (χ0v) is 11.7. The van der Waals surface area contributed by atoms with Gasteiger partial charge in [0, 0.05) is 11.1 Å². The Labute approximate surface area is 122 Å². The smallest absolute Gasteiger partial charge is 0.323 e. The quantitative estimate of drug-likeness (QED) is 0.838. The number of hydrogen-bond acceptors (Lipinski definition) is 3. The molecule has 1 N–H and O–H groups in total. The number of carboxylic acid groups (broad SMARTS) is 1. The van der Waals surface area contributed by atoms with Crippen molar-refractivity contribution in [1.82, 2.24) is 4.90 Å². The fourth-order valence-corrected chi connectivity index (χ4v) is 2.09. The summed E-state index contributed by atoms with van der Waals surface area (Å²) in [7, 11) is 0. The van der Waals surface area contributed by atoms with E-state index in [1.54, 1.807) is 24.3 Å². The first-order chi connectivity index (χ1) is 9.56. The number of ether oxygens (including phenoxy) is 1. The molecule has 0 heterocycles. The van der Waals surface area contributed by atoms with Gasteiger partial charge in [-0.05, 0) is 31.0 Å². The summed E-state index contributed by atoms with van der Waals surface area (Å²) < 4.78 is 5.43. The molecule has 1 fully saturated rings. The minimum absolute atomic E-state index is 0.0877. The summed E-state index contributed by atoms with van der Waals surface area (Å²) in [6, 6.07) is 7.01. The molecule has 0 bridgehead atoms. The third-order valence-corrected chi connectivity index (χ3v) is 3.23. The first-order valence-corrected chi connectivity index (χ1v) is 6.83. The first-order valence-electron chi connectivity index (χ1n) is 6.46. The van der Waals surface area contributed by atoms with Gasteiger partial charge in [-0.15, -0.1) is 0 Å². The van der Waals surface area contributed by atoms with Crippen LogP contribution >= 0.6 is 11.6 Å². The summed E-state index contributed by atoms with van der Waals surface area (Å²) in [6.45, 7) is -0.0251. The van der Waals surface area contributed by atoms with E-state index in [4.69, 9.17) is 21.4 Å². The third kappa shape index (κ3) is 4.42. The topological polar surface area (TPSA) is 66.8 Å². The van der Waals surface area contributed by atoms with Crippen molar-refractivity contribution in [1.29, 1.82) is 0 Å². The highest BCUT2D eigenvalue weighted by Gasteiger charge is 2.33. The average molecular weight is 298 g/mol. The number of nitrogens with zero attached hydrogens (tertiary/aromatic N) is 1. The van der Waals surface area contributed by atoms with E-state index in [9.17, 15) is 9.59 Å². The minimum Gasteiger partial charge on any atom is -0.493 e. The van der Waals surface area contributed by atoms with Crippen molar-refractivity contribution in [3.05, 3.63) is 29.3 Å². The zero-order chi connectivity index (χ0) is 14.5. The van der Waals surface area contributed by atoms with Crippen LogP contribution in [0.4, 0.5) is 0 Å². The summed E-state index contributed by atoms with van der Waals surface area (Å²) in [5, 5.41) is 9.37. The van der Waals surface area contributed by atoms with Crippen LogP contribution in [0.25, 0.3) is 0 Å². The summed E-state index contributed by atoms with van der Waals surface area (Å²) >= 11 is 5.82. The number of carbonyl (C=O) groups is 2. The van der Waals surface area contributed by atoms with Crippen LogP contribution in [0.1, 0.15) is 19.3 Å². The molecule has 20 heavy (non-hydrogen) atoms. The predicted molar refractivity (Wildman–Crippen MR) is 73.9 cm³/mol. The highest BCUT2D eigenvalue weighted by atomic mass is 35.5. The second-order valence-electron chi connectivity index (χ2n) is 4.70. The van der Waals surface area contributed by atoms with Crippen molar-refractivity contribution < 1.29 is 19.4 Å². The third-order valence-electron chi connectivity index (χ3n) is 2.99. The van der Waals surface area contributed by atoms with Crippen LogP contribution in [0.2, 0.25) is 5.02 Å². The van der Waals surface area contributed by atoms with Gasteiger partial charge < -0.3 is 14.7 Å². The van der Waals surface area contributed by atoms with Gasteiger partial charge in [-0.1, -0.05) is 17.7 Å². The van der Waals surface area contributed by atoms with Crippen LogP contribution in [0.15, 0.2) is 24.3 Å². The van der Waals surface area contributed by atoms with E-state index >= 15 is 0 Å². The van der Waals surface area contributed by atoms with Crippen molar-refractivity contribution in [2.24, 2.45) is 0 Å². The molecule has 108 valence electrons. The number of aliphatic carboxylic acids is 1. The van der Waals surface area contributed by atoms with E-state index in [1.165, 1.54) is 4.90 Å². The van der Waals surface area contributed by atoms with Crippen LogP contribution in [0.5, 0.6) is 5.75 Å². The summed E-state index contributed by atoms with van der Waals surface area (Å²) in [6.07, 6.45) is 1.93. The number of benzene rings is 1. The molecule has 6 heteroatoms. The van der Waals surface area contributed by atoms with Gasteiger partial charge in [0.05, 0.1) is 13.0 Å². The number of carboxylic acids is 1. The number of amides is 1. The largest absolute Gasteiger partial charge is 0.493 e. The Balaban J connectivity index is 1.80. The van der Waals surface area contributed by atoms with Crippen LogP contribution in [-0.4, -0.2) is 41.1 Å². The Morgan fingerprint density at radius 3 is 2.75 bits per heavy atom. The molecule has 0 radical (unpaired) electrons. The molecule has 0 unspecified atom stereocenters. The molecule has 1 amide bonds. The van der Waals surface area contributed by atoms with Gasteiger partial charge in [-0.2, -0.15) is 0 Å². The number of carbonyl (C=O) groups excluding carboxylic acids is 1. The lowest BCUT2D eigenvalue weighted by atomic mass is 10.3. The second kappa shape index (κ2) is 6.61. The Kier molecular flexibility index (Phi) is 4.84. The normalized spacial score (nSPS) is 13.8. The van der Waals surface area contributed by atoms with Crippen LogP contribution in [0, 0.1) is 0 Å². The number of hydrogen-bond donors (Lipinski definition) is 1. The lowest BCUT2D eigenvalue weighted by molar-refractivity contribution is -0.145. The van der Waals surface area contributed by atoms with Crippen molar-refractivity contribution in [2.45, 2.75) is 25.3 Å². The molecule has 0 saturated heterocycles. The molecule has 5 nitrogen and oxygen atoms in total. The maximum atomic E-state index is 12.0. The van der Waals surface area contributed by atoms with Crippen LogP contribution < -0.4 is 4.74 Å². The molecular formula is C14H16ClNO4. The monoisotopic (exact) mass is 297 g/mol. The number of rotatable bonds is 7. The minimum atomic E-state index is -0.985. The lowest BCUT2D eigenvalue weighted by Crippen LogP contribution is -2.38. The average Bonchev–Trinajstić information content (AvgIpc) is 3.20. The van der Waals surface area contributed by atoms with Crippen molar-refractivity contribution in [2.75, 3.05) is 13.2 Å². The molecule has 1 aliphatic rings. The molecule has 0 spiro atoms. The van der Waals surface area contributed by atoms with E-state index in [-0.39, 0.29) is 31.5 Å². The zero-order valence-electron chi connectivity index (χ0n) is 10.9. The fraction of sp³-hybridized carbons (Fsp3) is 0.429. The van der Waals surface area contributed by atoms with Gasteiger partial charge >= 0.3 is 5.97 Å². The Morgan fingerprint density at radius 2 is 2.15 bits per heavy atom. The van der Waals surface area contributed by atoms with Crippen molar-refractivity contribution >= 4 is 23.5 Å². The first kappa shape index (κ1) is 14.7. The molecule has 1 saturated carbocycles. The predicted octanol–water partition coefficient (Wildman–Crippen LogP) is 2.18. The maximum Gasteiger partial charge on any atom is 0.323 e. The van der Waals surface area contributed by atoms with Crippen molar-refractivity contribution in [3.63, 3.8) is 0 Å². The molecule has 1 aromatic carbocycles. The molecular weight excluding hydrogens is 282 g/mol. The van der Waals surface area contributed by atoms with E-state index in [1.807, 2.05) is 0 Å². The molecule has 0 aromatic heterocycles. The highest BCUT2D eigenvalue weighted by Crippen LogP contribution is 2.27. The molecule has 0 atom stereocenters. The second-order valence-corrected chi connectivity index (χ2v) is 5.14.